The van der Waals surface area contributed by atoms with Crippen molar-refractivity contribution in [2.24, 2.45) is 0 Å². The number of amides is 1. The van der Waals surface area contributed by atoms with Gasteiger partial charge in [-0.2, -0.15) is 0 Å². The van der Waals surface area contributed by atoms with Gasteiger partial charge in [-0.05, 0) is 53.2 Å². The quantitative estimate of drug-likeness (QED) is 0.304. The van der Waals surface area contributed by atoms with Crippen LogP contribution in [0, 0.1) is 0 Å². The Morgan fingerprint density at radius 3 is 2.27 bits per heavy atom. The summed E-state index contributed by atoms with van der Waals surface area (Å²) in [4.78, 5) is 13.7. The maximum absolute atomic E-state index is 12.8. The van der Waals surface area contributed by atoms with E-state index < -0.39 is 0 Å². The molecule has 0 fully saturated rings. The summed E-state index contributed by atoms with van der Waals surface area (Å²) < 4.78 is 3.35. The highest BCUT2D eigenvalue weighted by molar-refractivity contribution is 8.00. The van der Waals surface area contributed by atoms with E-state index >= 15 is 0 Å². The fourth-order valence-electron chi connectivity index (χ4n) is 3.17. The summed E-state index contributed by atoms with van der Waals surface area (Å²) in [7, 11) is 0. The van der Waals surface area contributed by atoms with Crippen LogP contribution in [0.3, 0.4) is 0 Å². The molecular weight excluding hydrogens is 435 g/mol. The van der Waals surface area contributed by atoms with Crippen LogP contribution in [0.2, 0.25) is 10.0 Å². The van der Waals surface area contributed by atoms with Crippen molar-refractivity contribution < 1.29 is 4.79 Å². The van der Waals surface area contributed by atoms with Crippen molar-refractivity contribution in [1.82, 2.24) is 5.32 Å². The number of carbonyl (C=O) groups is 1. The minimum absolute atomic E-state index is 0.101. The summed E-state index contributed by atoms with van der Waals surface area (Å²) in [6.45, 7) is 0.485. The minimum Gasteiger partial charge on any atom is -0.348 e. The molecule has 0 aliphatic carbocycles. The molecular formula is C24H18Cl2N2OS. The predicted molar refractivity (Wildman–Crippen MR) is 128 cm³/mol. The smallest absolute Gasteiger partial charge is 0.252 e. The van der Waals surface area contributed by atoms with E-state index in [1.54, 1.807) is 6.07 Å². The second-order valence-electron chi connectivity index (χ2n) is 6.68. The van der Waals surface area contributed by atoms with E-state index in [1.165, 1.54) is 11.9 Å². The van der Waals surface area contributed by atoms with Gasteiger partial charge in [-0.3, -0.25) is 4.79 Å². The molecule has 4 aromatic rings. The van der Waals surface area contributed by atoms with Gasteiger partial charge < -0.3 is 10.0 Å². The molecule has 0 saturated heterocycles. The van der Waals surface area contributed by atoms with Crippen molar-refractivity contribution >= 4 is 57.5 Å². The molecule has 0 aromatic heterocycles. The second kappa shape index (κ2) is 9.43. The summed E-state index contributed by atoms with van der Waals surface area (Å²) >= 11 is 13.6. The van der Waals surface area contributed by atoms with E-state index in [4.69, 9.17) is 23.2 Å². The van der Waals surface area contributed by atoms with Crippen LogP contribution in [0.5, 0.6) is 0 Å². The number of benzene rings is 4. The summed E-state index contributed by atoms with van der Waals surface area (Å²) in [6, 6.07) is 26.9. The number of fused-ring (bicyclic) bond motifs is 1. The Bertz CT molecular complexity index is 1180. The number of hydrogen-bond acceptors (Lipinski definition) is 3. The zero-order valence-corrected chi connectivity index (χ0v) is 18.2. The highest BCUT2D eigenvalue weighted by Gasteiger charge is 2.12. The van der Waals surface area contributed by atoms with Crippen LogP contribution in [0.1, 0.15) is 15.9 Å². The van der Waals surface area contributed by atoms with E-state index in [1.807, 2.05) is 78.9 Å². The van der Waals surface area contributed by atoms with Gasteiger partial charge in [0.25, 0.3) is 5.91 Å². The second-order valence-corrected chi connectivity index (χ2v) is 8.44. The Labute approximate surface area is 189 Å². The van der Waals surface area contributed by atoms with Gasteiger partial charge in [0.2, 0.25) is 0 Å². The molecule has 3 nitrogen and oxygen atoms in total. The average Bonchev–Trinajstić information content (AvgIpc) is 2.75. The van der Waals surface area contributed by atoms with Crippen molar-refractivity contribution in [1.29, 1.82) is 0 Å². The maximum atomic E-state index is 12.8. The molecule has 0 aliphatic heterocycles. The third kappa shape index (κ3) is 4.90. The normalized spacial score (nSPS) is 10.7. The SMILES string of the molecule is O=C(NCc1ccccc1)c1cccc2c(NSc3cc(Cl)cc(Cl)c3)cccc12. The molecule has 0 radical (unpaired) electrons. The van der Waals surface area contributed by atoms with E-state index in [0.717, 1.165) is 26.9 Å². The van der Waals surface area contributed by atoms with Crippen molar-refractivity contribution in [3.05, 3.63) is 106 Å². The lowest BCUT2D eigenvalue weighted by Gasteiger charge is -2.12. The van der Waals surface area contributed by atoms with Gasteiger partial charge in [0.05, 0.1) is 5.69 Å². The van der Waals surface area contributed by atoms with Gasteiger partial charge in [-0.25, -0.2) is 0 Å². The van der Waals surface area contributed by atoms with Gasteiger partial charge in [0.1, 0.15) is 0 Å². The lowest BCUT2D eigenvalue weighted by atomic mass is 10.0. The number of hydrogen-bond donors (Lipinski definition) is 2. The Hall–Kier alpha value is -2.66. The molecule has 4 rings (SSSR count). The first-order chi connectivity index (χ1) is 14.6. The highest BCUT2D eigenvalue weighted by atomic mass is 35.5. The molecule has 0 saturated carbocycles. The number of anilines is 1. The van der Waals surface area contributed by atoms with Crippen LogP contribution in [-0.4, -0.2) is 5.91 Å². The Morgan fingerprint density at radius 1 is 0.800 bits per heavy atom. The van der Waals surface area contributed by atoms with Gasteiger partial charge in [-0.1, -0.05) is 77.8 Å². The number of rotatable bonds is 6. The molecule has 0 heterocycles. The molecule has 0 bridgehead atoms. The third-order valence-corrected chi connectivity index (χ3v) is 5.81. The van der Waals surface area contributed by atoms with Gasteiger partial charge in [0, 0.05) is 32.4 Å². The summed E-state index contributed by atoms with van der Waals surface area (Å²) in [5.41, 5.74) is 2.61. The van der Waals surface area contributed by atoms with Crippen LogP contribution in [0.15, 0.2) is 89.8 Å². The third-order valence-electron chi connectivity index (χ3n) is 4.58. The Morgan fingerprint density at radius 2 is 1.50 bits per heavy atom. The van der Waals surface area contributed by atoms with E-state index in [-0.39, 0.29) is 5.91 Å². The maximum Gasteiger partial charge on any atom is 0.252 e. The van der Waals surface area contributed by atoms with Crippen molar-refractivity contribution in [3.8, 4) is 0 Å². The Balaban J connectivity index is 1.55. The fourth-order valence-corrected chi connectivity index (χ4v) is 4.60. The molecule has 150 valence electrons. The summed E-state index contributed by atoms with van der Waals surface area (Å²) in [6.07, 6.45) is 0. The van der Waals surface area contributed by atoms with Gasteiger partial charge in [-0.15, -0.1) is 0 Å². The monoisotopic (exact) mass is 452 g/mol. The topological polar surface area (TPSA) is 41.1 Å². The van der Waals surface area contributed by atoms with Crippen LogP contribution in [0.4, 0.5) is 5.69 Å². The molecule has 0 unspecified atom stereocenters. The standard InChI is InChI=1S/C24H18Cl2N2OS/c25-17-12-18(26)14-19(13-17)30-28-23-11-5-8-20-21(23)9-4-10-22(20)24(29)27-15-16-6-2-1-3-7-16/h1-14,28H,15H2,(H,27,29). The first kappa shape index (κ1) is 20.6. The average molecular weight is 453 g/mol. The lowest BCUT2D eigenvalue weighted by Crippen LogP contribution is -2.23. The molecule has 0 spiro atoms. The van der Waals surface area contributed by atoms with Crippen LogP contribution >= 0.6 is 35.1 Å². The molecule has 6 heteroatoms. The number of halogens is 2. The summed E-state index contributed by atoms with van der Waals surface area (Å²) in [5.74, 6) is -0.101. The first-order valence-electron chi connectivity index (χ1n) is 9.33. The number of carbonyl (C=O) groups excluding carboxylic acids is 1. The molecule has 30 heavy (non-hydrogen) atoms. The summed E-state index contributed by atoms with van der Waals surface area (Å²) in [5, 5.41) is 6.02. The van der Waals surface area contributed by atoms with Gasteiger partial charge in [0.15, 0.2) is 0 Å². The molecule has 0 aliphatic rings. The highest BCUT2D eigenvalue weighted by Crippen LogP contribution is 2.32. The Kier molecular flexibility index (Phi) is 6.48. The zero-order chi connectivity index (χ0) is 20.9. The number of nitrogens with one attached hydrogen (secondary N) is 2. The molecule has 0 atom stereocenters. The molecule has 4 aromatic carbocycles. The largest absolute Gasteiger partial charge is 0.348 e. The van der Waals surface area contributed by atoms with Crippen molar-refractivity contribution in [2.75, 3.05) is 4.72 Å². The predicted octanol–water partition coefficient (Wildman–Crippen LogP) is 7.20. The first-order valence-corrected chi connectivity index (χ1v) is 10.9. The van der Waals surface area contributed by atoms with Crippen LogP contribution < -0.4 is 10.0 Å². The van der Waals surface area contributed by atoms with Crippen molar-refractivity contribution in [2.45, 2.75) is 11.4 Å². The van der Waals surface area contributed by atoms with Gasteiger partial charge >= 0.3 is 0 Å². The van der Waals surface area contributed by atoms with E-state index in [0.29, 0.717) is 22.2 Å². The van der Waals surface area contributed by atoms with Crippen molar-refractivity contribution in [3.63, 3.8) is 0 Å². The van der Waals surface area contributed by atoms with Crippen LogP contribution in [-0.2, 0) is 6.54 Å². The molecule has 1 amide bonds. The lowest BCUT2D eigenvalue weighted by molar-refractivity contribution is 0.0952. The van der Waals surface area contributed by atoms with Crippen LogP contribution in [0.25, 0.3) is 10.8 Å². The van der Waals surface area contributed by atoms with E-state index in [9.17, 15) is 4.79 Å². The van der Waals surface area contributed by atoms with E-state index in [2.05, 4.69) is 10.0 Å². The molecule has 2 N–H and O–H groups in total. The minimum atomic E-state index is -0.101. The fraction of sp³-hybridized carbons (Fsp3) is 0.0417. The zero-order valence-electron chi connectivity index (χ0n) is 15.9.